The first-order valence-corrected chi connectivity index (χ1v) is 12.6. The Kier molecular flexibility index (Phi) is 7.69. The number of aliphatic hydroxyl groups excluding tert-OH is 1. The summed E-state index contributed by atoms with van der Waals surface area (Å²) in [5, 5.41) is 11.8. The molecule has 1 N–H and O–H groups in total. The first kappa shape index (κ1) is 27.1. The van der Waals surface area contributed by atoms with Crippen LogP contribution in [0.4, 0.5) is 11.4 Å². The van der Waals surface area contributed by atoms with E-state index in [9.17, 15) is 14.7 Å². The monoisotopic (exact) mass is 534 g/mol. The summed E-state index contributed by atoms with van der Waals surface area (Å²) in [5.41, 5.74) is 3.41. The van der Waals surface area contributed by atoms with E-state index in [4.69, 9.17) is 21.1 Å². The Morgan fingerprint density at radius 2 is 1.55 bits per heavy atom. The molecule has 1 aliphatic rings. The van der Waals surface area contributed by atoms with E-state index < -0.39 is 17.7 Å². The zero-order valence-corrected chi connectivity index (χ0v) is 23.0. The van der Waals surface area contributed by atoms with Crippen molar-refractivity contribution in [3.05, 3.63) is 87.9 Å². The average Bonchev–Trinajstić information content (AvgIpc) is 3.18. The fourth-order valence-corrected chi connectivity index (χ4v) is 4.82. The molecule has 0 saturated carbocycles. The number of carbonyl (C=O) groups excluding carboxylic acids is 2. The molecule has 1 saturated heterocycles. The third kappa shape index (κ3) is 4.82. The smallest absolute Gasteiger partial charge is 0.300 e. The SMILES string of the molecule is COc1cc(OC)c(/C(O)=C2\C(=O)C(=O)N(c3ccc(N(C)C)cc3)C2c2ccc(C(C)C)cc2)cc1Cl. The van der Waals surface area contributed by atoms with Crippen LogP contribution < -0.4 is 19.3 Å². The topological polar surface area (TPSA) is 79.3 Å². The molecule has 1 fully saturated rings. The highest BCUT2D eigenvalue weighted by molar-refractivity contribution is 6.51. The molecule has 198 valence electrons. The van der Waals surface area contributed by atoms with Gasteiger partial charge in [-0.05, 0) is 47.4 Å². The highest BCUT2D eigenvalue weighted by Gasteiger charge is 2.47. The van der Waals surface area contributed by atoms with Gasteiger partial charge < -0.3 is 19.5 Å². The van der Waals surface area contributed by atoms with E-state index >= 15 is 0 Å². The van der Waals surface area contributed by atoms with Gasteiger partial charge in [0.1, 0.15) is 17.3 Å². The van der Waals surface area contributed by atoms with Crippen molar-refractivity contribution in [2.24, 2.45) is 0 Å². The molecule has 0 bridgehead atoms. The Hall–Kier alpha value is -3.97. The molecule has 1 amide bonds. The van der Waals surface area contributed by atoms with Crippen LogP contribution >= 0.6 is 11.6 Å². The van der Waals surface area contributed by atoms with Gasteiger partial charge in [-0.15, -0.1) is 0 Å². The van der Waals surface area contributed by atoms with Crippen LogP contribution in [0.25, 0.3) is 5.76 Å². The Bertz CT molecular complexity index is 1400. The summed E-state index contributed by atoms with van der Waals surface area (Å²) in [4.78, 5) is 30.4. The molecule has 1 heterocycles. The summed E-state index contributed by atoms with van der Waals surface area (Å²) < 4.78 is 10.7. The molecular weight excluding hydrogens is 504 g/mol. The summed E-state index contributed by atoms with van der Waals surface area (Å²) in [6.07, 6.45) is 0. The number of aliphatic hydroxyl groups is 1. The summed E-state index contributed by atoms with van der Waals surface area (Å²) in [5.74, 6) is -1.01. The zero-order valence-electron chi connectivity index (χ0n) is 22.3. The molecule has 38 heavy (non-hydrogen) atoms. The zero-order chi connectivity index (χ0) is 27.7. The predicted octanol–water partition coefficient (Wildman–Crippen LogP) is 6.17. The lowest BCUT2D eigenvalue weighted by molar-refractivity contribution is -0.132. The van der Waals surface area contributed by atoms with E-state index in [1.54, 1.807) is 12.1 Å². The minimum absolute atomic E-state index is 0.0523. The number of nitrogens with zero attached hydrogens (tertiary/aromatic N) is 2. The molecule has 0 aromatic heterocycles. The van der Waals surface area contributed by atoms with Gasteiger partial charge in [-0.2, -0.15) is 0 Å². The van der Waals surface area contributed by atoms with Crippen molar-refractivity contribution >= 4 is 40.4 Å². The lowest BCUT2D eigenvalue weighted by Gasteiger charge is -2.26. The summed E-state index contributed by atoms with van der Waals surface area (Å²) in [7, 11) is 6.75. The molecule has 1 aliphatic heterocycles. The second-order valence-electron chi connectivity index (χ2n) is 9.59. The van der Waals surface area contributed by atoms with Crippen LogP contribution in [0.3, 0.4) is 0 Å². The van der Waals surface area contributed by atoms with Gasteiger partial charge in [0.25, 0.3) is 11.7 Å². The van der Waals surface area contributed by atoms with Crippen molar-refractivity contribution in [2.45, 2.75) is 25.8 Å². The van der Waals surface area contributed by atoms with Crippen molar-refractivity contribution < 1.29 is 24.2 Å². The minimum atomic E-state index is -0.869. The molecule has 1 unspecified atom stereocenters. The lowest BCUT2D eigenvalue weighted by atomic mass is 9.93. The maximum atomic E-state index is 13.5. The normalized spacial score (nSPS) is 16.7. The standard InChI is InChI=1S/C30H31ClN2O5/c1-17(2)18-7-9-19(10-8-18)27-26(28(34)22-15-23(31)25(38-6)16-24(22)37-5)29(35)30(36)33(27)21-13-11-20(12-14-21)32(3)4/h7-17,27,34H,1-6H3/b28-26+. The molecule has 0 spiro atoms. The second-order valence-corrected chi connectivity index (χ2v) is 10.00. The number of amides is 1. The largest absolute Gasteiger partial charge is 0.507 e. The number of methoxy groups -OCH3 is 2. The lowest BCUT2D eigenvalue weighted by Crippen LogP contribution is -2.29. The van der Waals surface area contributed by atoms with Gasteiger partial charge in [0.05, 0.1) is 36.4 Å². The van der Waals surface area contributed by atoms with Crippen molar-refractivity contribution in [1.29, 1.82) is 0 Å². The predicted molar refractivity (Wildman–Crippen MR) is 151 cm³/mol. The van der Waals surface area contributed by atoms with E-state index in [0.29, 0.717) is 22.9 Å². The number of benzene rings is 3. The second kappa shape index (κ2) is 10.8. The van der Waals surface area contributed by atoms with Crippen molar-refractivity contribution in [1.82, 2.24) is 0 Å². The van der Waals surface area contributed by atoms with Gasteiger partial charge in [-0.25, -0.2) is 0 Å². The van der Waals surface area contributed by atoms with Crippen molar-refractivity contribution in [3.8, 4) is 11.5 Å². The number of ketones is 1. The molecule has 4 rings (SSSR count). The Morgan fingerprint density at radius 1 is 0.947 bits per heavy atom. The fourth-order valence-electron chi connectivity index (χ4n) is 4.58. The van der Waals surface area contributed by atoms with Gasteiger partial charge in [0, 0.05) is 31.5 Å². The summed E-state index contributed by atoms with van der Waals surface area (Å²) in [6, 6.07) is 17.2. The van der Waals surface area contributed by atoms with Crippen LogP contribution in [-0.4, -0.2) is 45.1 Å². The van der Waals surface area contributed by atoms with Crippen LogP contribution in [0.1, 0.15) is 42.5 Å². The van der Waals surface area contributed by atoms with Crippen LogP contribution in [0.15, 0.2) is 66.2 Å². The highest BCUT2D eigenvalue weighted by atomic mass is 35.5. The molecule has 3 aromatic carbocycles. The number of halogens is 1. The molecular formula is C30H31ClN2O5. The van der Waals surface area contributed by atoms with E-state index in [-0.39, 0.29) is 27.7 Å². The number of ether oxygens (including phenoxy) is 2. The Labute approximate surface area is 227 Å². The van der Waals surface area contributed by atoms with E-state index in [0.717, 1.165) is 11.3 Å². The van der Waals surface area contributed by atoms with E-state index in [1.807, 2.05) is 55.4 Å². The quantitative estimate of drug-likeness (QED) is 0.222. The van der Waals surface area contributed by atoms with Gasteiger partial charge in [0.15, 0.2) is 0 Å². The molecule has 0 aliphatic carbocycles. The van der Waals surface area contributed by atoms with Gasteiger partial charge in [-0.3, -0.25) is 14.5 Å². The highest BCUT2D eigenvalue weighted by Crippen LogP contribution is 2.45. The molecule has 0 radical (unpaired) electrons. The maximum Gasteiger partial charge on any atom is 0.300 e. The molecule has 1 atom stereocenters. The van der Waals surface area contributed by atoms with Crippen LogP contribution in [-0.2, 0) is 9.59 Å². The summed E-state index contributed by atoms with van der Waals surface area (Å²) >= 11 is 6.36. The number of carbonyl (C=O) groups is 2. The van der Waals surface area contributed by atoms with E-state index in [2.05, 4.69) is 13.8 Å². The number of anilines is 2. The third-order valence-electron chi connectivity index (χ3n) is 6.74. The maximum absolute atomic E-state index is 13.5. The van der Waals surface area contributed by atoms with Crippen LogP contribution in [0.5, 0.6) is 11.5 Å². The van der Waals surface area contributed by atoms with Crippen molar-refractivity contribution in [3.63, 3.8) is 0 Å². The Morgan fingerprint density at radius 3 is 2.08 bits per heavy atom. The van der Waals surface area contributed by atoms with Crippen molar-refractivity contribution in [2.75, 3.05) is 38.1 Å². The molecule has 7 nitrogen and oxygen atoms in total. The van der Waals surface area contributed by atoms with Crippen LogP contribution in [0, 0.1) is 0 Å². The first-order valence-electron chi connectivity index (χ1n) is 12.2. The molecule has 3 aromatic rings. The number of rotatable bonds is 7. The molecule has 8 heteroatoms. The van der Waals surface area contributed by atoms with Gasteiger partial charge in [0.2, 0.25) is 0 Å². The third-order valence-corrected chi connectivity index (χ3v) is 7.03. The fraction of sp³-hybridized carbons (Fsp3) is 0.267. The summed E-state index contributed by atoms with van der Waals surface area (Å²) in [6.45, 7) is 4.18. The van der Waals surface area contributed by atoms with E-state index in [1.165, 1.54) is 31.3 Å². The number of hydrogen-bond donors (Lipinski definition) is 1. The van der Waals surface area contributed by atoms with Gasteiger partial charge in [-0.1, -0.05) is 49.7 Å². The number of Topliss-reactive ketones (excluding diaryl/α,β-unsaturated/α-hetero) is 1. The van der Waals surface area contributed by atoms with Crippen LogP contribution in [0.2, 0.25) is 5.02 Å². The Balaban J connectivity index is 1.95. The van der Waals surface area contributed by atoms with Gasteiger partial charge >= 0.3 is 0 Å². The first-order chi connectivity index (χ1) is 18.1. The number of hydrogen-bond acceptors (Lipinski definition) is 6. The minimum Gasteiger partial charge on any atom is -0.507 e. The average molecular weight is 535 g/mol.